The molecule has 31 heavy (non-hydrogen) atoms. The number of hydrogen-bond acceptors (Lipinski definition) is 4. The van der Waals surface area contributed by atoms with Crippen LogP contribution in [-0.4, -0.2) is 18.7 Å². The number of carbonyl (C=O) groups excluding carboxylic acids is 1. The molecule has 0 aliphatic heterocycles. The highest BCUT2D eigenvalue weighted by molar-refractivity contribution is 6.30. The molecule has 1 N–H and O–H groups in total. The van der Waals surface area contributed by atoms with E-state index >= 15 is 0 Å². The van der Waals surface area contributed by atoms with Crippen molar-refractivity contribution in [3.8, 4) is 11.5 Å². The lowest BCUT2D eigenvalue weighted by molar-refractivity contribution is 0.0955. The lowest BCUT2D eigenvalue weighted by Gasteiger charge is -2.07. The first kappa shape index (κ1) is 22.4. The van der Waals surface area contributed by atoms with Crippen molar-refractivity contribution >= 4 is 23.7 Å². The fourth-order valence-electron chi connectivity index (χ4n) is 2.66. The van der Waals surface area contributed by atoms with Gasteiger partial charge in [-0.1, -0.05) is 37.1 Å². The van der Waals surface area contributed by atoms with Gasteiger partial charge in [0.05, 0.1) is 12.8 Å². The molecule has 0 atom stereocenters. The van der Waals surface area contributed by atoms with Crippen LogP contribution in [0.5, 0.6) is 11.5 Å². The Balaban J connectivity index is 1.46. The molecule has 0 unspecified atom stereocenters. The number of ether oxygens (including phenoxy) is 2. The van der Waals surface area contributed by atoms with Crippen molar-refractivity contribution in [3.63, 3.8) is 0 Å². The van der Waals surface area contributed by atoms with Crippen molar-refractivity contribution in [2.45, 2.75) is 26.4 Å². The molecule has 3 aromatic rings. The minimum Gasteiger partial charge on any atom is -0.494 e. The number of unbranched alkanes of at least 4 members (excludes halogenated alkanes) is 1. The summed E-state index contributed by atoms with van der Waals surface area (Å²) in [6.45, 7) is 3.27. The predicted octanol–water partition coefficient (Wildman–Crippen LogP) is 5.86. The van der Waals surface area contributed by atoms with Gasteiger partial charge in [-0.2, -0.15) is 5.10 Å². The maximum Gasteiger partial charge on any atom is 0.271 e. The summed E-state index contributed by atoms with van der Waals surface area (Å²) in [5.41, 5.74) is 4.91. The van der Waals surface area contributed by atoms with Gasteiger partial charge < -0.3 is 9.47 Å². The smallest absolute Gasteiger partial charge is 0.271 e. The van der Waals surface area contributed by atoms with Crippen molar-refractivity contribution in [1.29, 1.82) is 0 Å². The van der Waals surface area contributed by atoms with E-state index < -0.39 is 0 Å². The molecule has 1 amide bonds. The number of amides is 1. The predicted molar refractivity (Wildman–Crippen MR) is 124 cm³/mol. The van der Waals surface area contributed by atoms with Crippen molar-refractivity contribution in [2.24, 2.45) is 5.10 Å². The van der Waals surface area contributed by atoms with Crippen LogP contribution >= 0.6 is 11.6 Å². The molecule has 3 rings (SSSR count). The summed E-state index contributed by atoms with van der Waals surface area (Å²) < 4.78 is 11.4. The maximum atomic E-state index is 12.3. The quantitative estimate of drug-likeness (QED) is 0.246. The summed E-state index contributed by atoms with van der Waals surface area (Å²) in [5.74, 6) is 1.21. The van der Waals surface area contributed by atoms with E-state index in [4.69, 9.17) is 21.1 Å². The van der Waals surface area contributed by atoms with Crippen LogP contribution in [0.2, 0.25) is 5.02 Å². The number of nitrogens with one attached hydrogen (secondary N) is 1. The van der Waals surface area contributed by atoms with E-state index in [0.717, 1.165) is 29.7 Å². The Kier molecular flexibility index (Phi) is 8.49. The van der Waals surface area contributed by atoms with E-state index in [0.29, 0.717) is 29.5 Å². The molecule has 0 saturated heterocycles. The van der Waals surface area contributed by atoms with Gasteiger partial charge in [-0.3, -0.25) is 4.79 Å². The Morgan fingerprint density at radius 3 is 2.26 bits per heavy atom. The summed E-state index contributed by atoms with van der Waals surface area (Å²) in [7, 11) is 0. The molecule has 0 saturated carbocycles. The number of carbonyl (C=O) groups is 1. The molecule has 3 aromatic carbocycles. The standard InChI is InChI=1S/C25H25ClN2O3/c1-2-3-16-30-23-12-6-19(7-13-23)17-27-28-25(29)21-8-14-24(15-9-21)31-18-20-4-10-22(26)11-5-20/h4-15,17H,2-3,16,18H2,1H3,(H,28,29). The van der Waals surface area contributed by atoms with Crippen LogP contribution in [0.1, 0.15) is 41.3 Å². The lowest BCUT2D eigenvalue weighted by Crippen LogP contribution is -2.17. The highest BCUT2D eigenvalue weighted by Crippen LogP contribution is 2.16. The van der Waals surface area contributed by atoms with Crippen LogP contribution in [-0.2, 0) is 6.61 Å². The van der Waals surface area contributed by atoms with Gasteiger partial charge in [0.1, 0.15) is 18.1 Å². The molecule has 0 aliphatic carbocycles. The molecule has 0 aromatic heterocycles. The Morgan fingerprint density at radius 2 is 1.58 bits per heavy atom. The van der Waals surface area contributed by atoms with Gasteiger partial charge in [0.15, 0.2) is 0 Å². The second-order valence-corrected chi connectivity index (χ2v) is 7.35. The van der Waals surface area contributed by atoms with Gasteiger partial charge in [0.25, 0.3) is 5.91 Å². The Bertz CT molecular complexity index is 985. The Labute approximate surface area is 187 Å². The molecule has 0 fully saturated rings. The van der Waals surface area contributed by atoms with Crippen LogP contribution in [0, 0.1) is 0 Å². The van der Waals surface area contributed by atoms with Crippen molar-refractivity contribution in [2.75, 3.05) is 6.61 Å². The molecule has 0 heterocycles. The third kappa shape index (κ3) is 7.46. The zero-order chi connectivity index (χ0) is 21.9. The molecule has 5 nitrogen and oxygen atoms in total. The highest BCUT2D eigenvalue weighted by Gasteiger charge is 2.05. The Hall–Kier alpha value is -3.31. The van der Waals surface area contributed by atoms with Gasteiger partial charge in [0.2, 0.25) is 0 Å². The second kappa shape index (κ2) is 11.8. The van der Waals surface area contributed by atoms with E-state index in [-0.39, 0.29) is 5.91 Å². The zero-order valence-electron chi connectivity index (χ0n) is 17.4. The largest absolute Gasteiger partial charge is 0.494 e. The molecule has 6 heteroatoms. The number of hydrazone groups is 1. The van der Waals surface area contributed by atoms with E-state index in [9.17, 15) is 4.79 Å². The first-order chi connectivity index (χ1) is 15.1. The summed E-state index contributed by atoms with van der Waals surface area (Å²) >= 11 is 5.88. The van der Waals surface area contributed by atoms with Crippen LogP contribution in [0.4, 0.5) is 0 Å². The molecule has 0 bridgehead atoms. The second-order valence-electron chi connectivity index (χ2n) is 6.91. The number of hydrogen-bond donors (Lipinski definition) is 1. The summed E-state index contributed by atoms with van der Waals surface area (Å²) in [5, 5.41) is 4.71. The van der Waals surface area contributed by atoms with Gasteiger partial charge >= 0.3 is 0 Å². The summed E-state index contributed by atoms with van der Waals surface area (Å²) in [6, 6.07) is 21.9. The fraction of sp³-hybridized carbons (Fsp3) is 0.200. The number of rotatable bonds is 10. The average Bonchev–Trinajstić information content (AvgIpc) is 2.80. The monoisotopic (exact) mass is 436 g/mol. The van der Waals surface area contributed by atoms with Crippen molar-refractivity contribution < 1.29 is 14.3 Å². The average molecular weight is 437 g/mol. The first-order valence-electron chi connectivity index (χ1n) is 10.2. The minimum absolute atomic E-state index is 0.292. The maximum absolute atomic E-state index is 12.3. The first-order valence-corrected chi connectivity index (χ1v) is 10.6. The van der Waals surface area contributed by atoms with Crippen molar-refractivity contribution in [1.82, 2.24) is 5.43 Å². The molecule has 160 valence electrons. The number of nitrogens with zero attached hydrogens (tertiary/aromatic N) is 1. The molecular weight excluding hydrogens is 412 g/mol. The lowest BCUT2D eigenvalue weighted by atomic mass is 10.2. The Morgan fingerprint density at radius 1 is 0.935 bits per heavy atom. The van der Waals surface area contributed by atoms with Crippen LogP contribution in [0.25, 0.3) is 0 Å². The number of benzene rings is 3. The molecule has 0 spiro atoms. The topological polar surface area (TPSA) is 59.9 Å². The van der Waals surface area contributed by atoms with Crippen LogP contribution in [0.15, 0.2) is 77.9 Å². The minimum atomic E-state index is -0.292. The van der Waals surface area contributed by atoms with Gasteiger partial charge in [-0.25, -0.2) is 5.43 Å². The van der Waals surface area contributed by atoms with Gasteiger partial charge in [0, 0.05) is 10.6 Å². The number of halogens is 1. The normalized spacial score (nSPS) is 10.8. The molecule has 0 aliphatic rings. The van der Waals surface area contributed by atoms with Gasteiger partial charge in [-0.05, 0) is 78.2 Å². The van der Waals surface area contributed by atoms with E-state index in [1.54, 1.807) is 30.5 Å². The van der Waals surface area contributed by atoms with Crippen LogP contribution < -0.4 is 14.9 Å². The molecular formula is C25H25ClN2O3. The van der Waals surface area contributed by atoms with Crippen LogP contribution in [0.3, 0.4) is 0 Å². The van der Waals surface area contributed by atoms with Gasteiger partial charge in [-0.15, -0.1) is 0 Å². The van der Waals surface area contributed by atoms with E-state index in [2.05, 4.69) is 17.5 Å². The summed E-state index contributed by atoms with van der Waals surface area (Å²) in [4.78, 5) is 12.3. The van der Waals surface area contributed by atoms with Crippen molar-refractivity contribution in [3.05, 3.63) is 94.5 Å². The fourth-order valence-corrected chi connectivity index (χ4v) is 2.79. The highest BCUT2D eigenvalue weighted by atomic mass is 35.5. The third-order valence-corrected chi connectivity index (χ3v) is 4.71. The van der Waals surface area contributed by atoms with E-state index in [1.165, 1.54) is 0 Å². The summed E-state index contributed by atoms with van der Waals surface area (Å²) in [6.07, 6.45) is 3.73. The third-order valence-electron chi connectivity index (χ3n) is 4.46. The zero-order valence-corrected chi connectivity index (χ0v) is 18.1. The SMILES string of the molecule is CCCCOc1ccc(C=NNC(=O)c2ccc(OCc3ccc(Cl)cc3)cc2)cc1. The molecule has 0 radical (unpaired) electrons. The van der Waals surface area contributed by atoms with E-state index in [1.807, 2.05) is 48.5 Å².